The van der Waals surface area contributed by atoms with Gasteiger partial charge in [0.15, 0.2) is 0 Å². The molecule has 2 heterocycles. The van der Waals surface area contributed by atoms with Crippen molar-refractivity contribution >= 4 is 11.7 Å². The number of nitrogens with zero attached hydrogens (tertiary/aromatic N) is 4. The molecule has 0 aromatic carbocycles. The first kappa shape index (κ1) is 11.4. The average molecular weight is 236 g/mol. The van der Waals surface area contributed by atoms with Crippen LogP contribution in [0, 0.1) is 5.39 Å². The Morgan fingerprint density at radius 2 is 2.18 bits per heavy atom. The summed E-state index contributed by atoms with van der Waals surface area (Å²) in [6, 6.07) is 0.165. The number of ether oxygens (including phenoxy) is 1. The highest BCUT2D eigenvalue weighted by Crippen LogP contribution is 2.22. The summed E-state index contributed by atoms with van der Waals surface area (Å²) in [7, 11) is 1.43. The fourth-order valence-corrected chi connectivity index (χ4v) is 1.92. The predicted molar refractivity (Wildman–Crippen MR) is 59.6 cm³/mol. The summed E-state index contributed by atoms with van der Waals surface area (Å²) in [5.74, 6) is -0.231. The number of carbonyl (C=O) groups excluding carboxylic acids is 1. The van der Waals surface area contributed by atoms with Crippen molar-refractivity contribution in [3.63, 3.8) is 0 Å². The van der Waals surface area contributed by atoms with Crippen LogP contribution >= 0.6 is 0 Å². The van der Waals surface area contributed by atoms with Gasteiger partial charge in [-0.3, -0.25) is 9.78 Å². The first-order valence-corrected chi connectivity index (χ1v) is 5.54. The van der Waals surface area contributed by atoms with Gasteiger partial charge in [0.2, 0.25) is 5.69 Å². The van der Waals surface area contributed by atoms with Crippen LogP contribution in [0.25, 0.3) is 4.98 Å². The van der Waals surface area contributed by atoms with Crippen LogP contribution in [-0.4, -0.2) is 41.0 Å². The average Bonchev–Trinajstić information content (AvgIpc) is 2.82. The molecule has 1 fully saturated rings. The monoisotopic (exact) mass is 236 g/mol. The largest absolute Gasteiger partial charge is 0.499 e. The molecule has 0 unspecified atom stereocenters. The second kappa shape index (κ2) is 4.82. The van der Waals surface area contributed by atoms with Gasteiger partial charge in [-0.25, -0.2) is 0 Å². The molecule has 0 saturated carbocycles. The molecule has 2 rings (SSSR count). The van der Waals surface area contributed by atoms with E-state index in [2.05, 4.69) is 14.9 Å². The molecule has 0 bridgehead atoms. The van der Waals surface area contributed by atoms with Gasteiger partial charge in [0.25, 0.3) is 5.91 Å². The number of carbonyl (C=O) groups is 1. The fourth-order valence-electron chi connectivity index (χ4n) is 1.92. The maximum atomic E-state index is 12.1. The highest BCUT2D eigenvalue weighted by atomic mass is 16.5. The number of diazo groups is 1. The molecular formula is C10H14N5O2+. The van der Waals surface area contributed by atoms with Crippen LogP contribution < -0.4 is 4.74 Å². The third-order valence-electron chi connectivity index (χ3n) is 2.81. The molecule has 1 saturated heterocycles. The van der Waals surface area contributed by atoms with Gasteiger partial charge in [-0.1, -0.05) is 0 Å². The van der Waals surface area contributed by atoms with Crippen LogP contribution in [0.1, 0.15) is 29.8 Å². The molecule has 1 aliphatic heterocycles. The highest BCUT2D eigenvalue weighted by Gasteiger charge is 2.32. The van der Waals surface area contributed by atoms with E-state index in [9.17, 15) is 4.79 Å². The third-order valence-corrected chi connectivity index (χ3v) is 2.81. The van der Waals surface area contributed by atoms with Gasteiger partial charge in [-0.2, -0.15) is 0 Å². The van der Waals surface area contributed by atoms with Crippen molar-refractivity contribution in [2.45, 2.75) is 19.3 Å². The van der Waals surface area contributed by atoms with Gasteiger partial charge in [-0.05, 0) is 19.3 Å². The topological polar surface area (TPSA) is 86.4 Å². The van der Waals surface area contributed by atoms with E-state index in [1.807, 2.05) is 0 Å². The molecule has 1 aromatic rings. The third kappa shape index (κ3) is 2.20. The summed E-state index contributed by atoms with van der Waals surface area (Å²) in [4.78, 5) is 23.4. The number of hydrogen-bond donors (Lipinski definition) is 1. The van der Waals surface area contributed by atoms with Crippen LogP contribution in [0.15, 0.2) is 0 Å². The number of hydrogen-bond acceptors (Lipinski definition) is 4. The van der Waals surface area contributed by atoms with Gasteiger partial charge in [-0.15, -0.1) is 0 Å². The van der Waals surface area contributed by atoms with E-state index in [-0.39, 0.29) is 23.4 Å². The summed E-state index contributed by atoms with van der Waals surface area (Å²) >= 11 is 0. The van der Waals surface area contributed by atoms with Crippen molar-refractivity contribution < 1.29 is 9.53 Å². The van der Waals surface area contributed by atoms with Crippen LogP contribution in [0.4, 0.5) is 5.82 Å². The molecule has 1 N–H and O–H groups in total. The Kier molecular flexibility index (Phi) is 3.23. The summed E-state index contributed by atoms with van der Waals surface area (Å²) < 4.78 is 4.87. The van der Waals surface area contributed by atoms with E-state index in [1.54, 1.807) is 4.90 Å². The number of aromatic amines is 1. The molecule has 0 aliphatic carbocycles. The Bertz CT molecular complexity index is 456. The van der Waals surface area contributed by atoms with Gasteiger partial charge in [0.1, 0.15) is 0 Å². The number of methoxy groups -OCH3 is 1. The number of piperidine rings is 1. The molecule has 7 nitrogen and oxygen atoms in total. The standard InChI is InChI=1S/C10H13N5O2/c1-17-10-12-7(8(13-10)14-11)9(16)15-5-3-2-4-6-15/h2-6H2,1H3/p+1. The molecule has 0 radical (unpaired) electrons. The van der Waals surface area contributed by atoms with E-state index in [4.69, 9.17) is 10.1 Å². The van der Waals surface area contributed by atoms with Crippen molar-refractivity contribution in [1.29, 1.82) is 5.39 Å². The zero-order chi connectivity index (χ0) is 12.3. The molecule has 1 aliphatic rings. The predicted octanol–water partition coefficient (Wildman–Crippen LogP) is 1.53. The quantitative estimate of drug-likeness (QED) is 0.789. The number of rotatable bonds is 2. The number of imidazole rings is 1. The van der Waals surface area contributed by atoms with Gasteiger partial charge >= 0.3 is 11.8 Å². The minimum absolute atomic E-state index is 0.0302. The highest BCUT2D eigenvalue weighted by molar-refractivity contribution is 5.97. The zero-order valence-corrected chi connectivity index (χ0v) is 9.64. The fraction of sp³-hybridized carbons (Fsp3) is 0.600. The normalized spacial score (nSPS) is 15.4. The Balaban J connectivity index is 2.23. The van der Waals surface area contributed by atoms with Crippen LogP contribution in [0.3, 0.4) is 0 Å². The zero-order valence-electron chi connectivity index (χ0n) is 9.64. The Hall–Kier alpha value is -2.10. The number of H-pyrrole nitrogens is 1. The number of likely N-dealkylation sites (tertiary alicyclic amines) is 1. The van der Waals surface area contributed by atoms with Crippen molar-refractivity contribution in [2.24, 2.45) is 0 Å². The number of amides is 1. The number of aromatic nitrogens is 2. The molecule has 1 amide bonds. The lowest BCUT2D eigenvalue weighted by atomic mass is 10.1. The van der Waals surface area contributed by atoms with Crippen LogP contribution in [-0.2, 0) is 0 Å². The van der Waals surface area contributed by atoms with Gasteiger partial charge in [0, 0.05) is 23.0 Å². The summed E-state index contributed by atoms with van der Waals surface area (Å²) in [6.45, 7) is 1.45. The first-order chi connectivity index (χ1) is 8.26. The summed E-state index contributed by atoms with van der Waals surface area (Å²) in [5.41, 5.74) is 0.172. The van der Waals surface area contributed by atoms with Crippen molar-refractivity contribution in [1.82, 2.24) is 14.9 Å². The molecule has 1 aromatic heterocycles. The van der Waals surface area contributed by atoms with E-state index in [1.165, 1.54) is 7.11 Å². The lowest BCUT2D eigenvalue weighted by Gasteiger charge is -2.25. The van der Waals surface area contributed by atoms with Crippen LogP contribution in [0.5, 0.6) is 6.01 Å². The van der Waals surface area contributed by atoms with Crippen molar-refractivity contribution in [3.8, 4) is 6.01 Å². The van der Waals surface area contributed by atoms with E-state index >= 15 is 0 Å². The molecule has 0 spiro atoms. The first-order valence-electron chi connectivity index (χ1n) is 5.54. The second-order valence-corrected chi connectivity index (χ2v) is 3.90. The smallest absolute Gasteiger partial charge is 0.449 e. The molecule has 7 heteroatoms. The van der Waals surface area contributed by atoms with Crippen molar-refractivity contribution in [2.75, 3.05) is 20.2 Å². The summed E-state index contributed by atoms with van der Waals surface area (Å²) in [6.07, 6.45) is 3.15. The maximum absolute atomic E-state index is 12.1. The second-order valence-electron chi connectivity index (χ2n) is 3.90. The van der Waals surface area contributed by atoms with Gasteiger partial charge < -0.3 is 9.64 Å². The molecule has 0 atom stereocenters. The molecular weight excluding hydrogens is 222 g/mol. The molecule has 17 heavy (non-hydrogen) atoms. The summed E-state index contributed by atoms with van der Waals surface area (Å²) in [5, 5.41) is 8.79. The van der Waals surface area contributed by atoms with Gasteiger partial charge in [0.05, 0.1) is 12.5 Å². The lowest BCUT2D eigenvalue weighted by Crippen LogP contribution is -2.35. The minimum atomic E-state index is -0.201. The van der Waals surface area contributed by atoms with Crippen molar-refractivity contribution in [3.05, 3.63) is 10.7 Å². The Morgan fingerprint density at radius 3 is 2.76 bits per heavy atom. The Labute approximate surface area is 98.4 Å². The SMILES string of the molecule is COc1nc([N+]#N)c(C(=O)N2CCCCC2)[nH]1. The van der Waals surface area contributed by atoms with E-state index < -0.39 is 0 Å². The Morgan fingerprint density at radius 1 is 1.47 bits per heavy atom. The lowest BCUT2D eigenvalue weighted by molar-refractivity contribution is 0.0719. The number of nitrogens with one attached hydrogen (secondary N) is 1. The minimum Gasteiger partial charge on any atom is -0.449 e. The van der Waals surface area contributed by atoms with Crippen LogP contribution in [0.2, 0.25) is 0 Å². The van der Waals surface area contributed by atoms with E-state index in [0.717, 1.165) is 32.4 Å². The maximum Gasteiger partial charge on any atom is 0.499 e. The molecule has 90 valence electrons. The van der Waals surface area contributed by atoms with E-state index in [0.29, 0.717) is 0 Å².